The number of aromatic nitrogens is 1. The Morgan fingerprint density at radius 1 is 1.22 bits per heavy atom. The molecule has 0 saturated carbocycles. The maximum Gasteiger partial charge on any atom is 0.308 e. The minimum Gasteiger partial charge on any atom is -0.303 e. The van der Waals surface area contributed by atoms with E-state index in [0.29, 0.717) is 0 Å². The van der Waals surface area contributed by atoms with E-state index in [2.05, 4.69) is 36.6 Å². The molecule has 0 radical (unpaired) electrons. The topological polar surface area (TPSA) is 25.2 Å². The lowest BCUT2D eigenvalue weighted by molar-refractivity contribution is 0.223. The summed E-state index contributed by atoms with van der Waals surface area (Å²) in [6, 6.07) is 6.31. The summed E-state index contributed by atoms with van der Waals surface area (Å²) in [4.78, 5) is 15.0. The molecular weight excluding hydrogens is 304 g/mol. The molecule has 0 atom stereocenters. The van der Waals surface area contributed by atoms with Crippen LogP contribution in [0, 0.1) is 0 Å². The monoisotopic (exact) mass is 330 g/mol. The lowest BCUT2D eigenvalue weighted by Gasteiger charge is -2.26. The molecule has 124 valence electrons. The third kappa shape index (κ3) is 3.75. The maximum atomic E-state index is 12.3. The van der Waals surface area contributed by atoms with E-state index < -0.39 is 0 Å². The molecule has 2 aromatic rings. The third-order valence-electron chi connectivity index (χ3n) is 4.81. The number of thiazole rings is 1. The maximum absolute atomic E-state index is 12.3. The highest BCUT2D eigenvalue weighted by atomic mass is 32.1. The summed E-state index contributed by atoms with van der Waals surface area (Å²) in [5, 5.41) is 0. The van der Waals surface area contributed by atoms with Crippen molar-refractivity contribution in [2.24, 2.45) is 0 Å². The molecule has 2 heterocycles. The molecule has 0 spiro atoms. The smallest absolute Gasteiger partial charge is 0.303 e. The first kappa shape index (κ1) is 16.5. The molecule has 1 aliphatic rings. The van der Waals surface area contributed by atoms with Gasteiger partial charge < -0.3 is 4.90 Å². The number of aryl methyl sites for hydroxylation is 1. The average Bonchev–Trinajstić information content (AvgIpc) is 2.90. The molecule has 0 N–H and O–H groups in total. The Balaban J connectivity index is 1.71. The number of hydrogen-bond donors (Lipinski definition) is 0. The Kier molecular flexibility index (Phi) is 5.34. The fraction of sp³-hybridized carbons (Fsp3) is 0.526. The summed E-state index contributed by atoms with van der Waals surface area (Å²) in [6.07, 6.45) is 6.01. The van der Waals surface area contributed by atoms with Gasteiger partial charge in [0.2, 0.25) is 0 Å². The number of piperidine rings is 1. The second-order valence-electron chi connectivity index (χ2n) is 6.42. The van der Waals surface area contributed by atoms with Crippen molar-refractivity contribution >= 4 is 27.1 Å². The van der Waals surface area contributed by atoms with E-state index >= 15 is 0 Å². The van der Waals surface area contributed by atoms with Gasteiger partial charge in [-0.2, -0.15) is 0 Å². The van der Waals surface area contributed by atoms with Crippen LogP contribution in [0.3, 0.4) is 0 Å². The fourth-order valence-corrected chi connectivity index (χ4v) is 4.29. The van der Waals surface area contributed by atoms with Crippen molar-refractivity contribution in [1.82, 2.24) is 9.47 Å². The van der Waals surface area contributed by atoms with Crippen LogP contribution in [0.4, 0.5) is 0 Å². The highest BCUT2D eigenvalue weighted by Crippen LogP contribution is 2.24. The number of benzene rings is 1. The molecule has 0 bridgehead atoms. The second-order valence-corrected chi connectivity index (χ2v) is 7.41. The van der Waals surface area contributed by atoms with E-state index in [1.807, 2.05) is 4.57 Å². The Morgan fingerprint density at radius 3 is 2.74 bits per heavy atom. The van der Waals surface area contributed by atoms with E-state index in [9.17, 15) is 4.79 Å². The van der Waals surface area contributed by atoms with Gasteiger partial charge in [0.15, 0.2) is 0 Å². The molecular formula is C19H26N2OS. The fourth-order valence-electron chi connectivity index (χ4n) is 3.34. The van der Waals surface area contributed by atoms with E-state index in [4.69, 9.17) is 0 Å². The Hall–Kier alpha value is -1.39. The molecule has 23 heavy (non-hydrogen) atoms. The molecule has 0 unspecified atom stereocenters. The minimum atomic E-state index is 0.165. The Labute approximate surface area is 142 Å². The largest absolute Gasteiger partial charge is 0.308 e. The summed E-state index contributed by atoms with van der Waals surface area (Å²) in [5.74, 6) is 0. The lowest BCUT2D eigenvalue weighted by atomic mass is 10.1. The standard InChI is InChI=1S/C19H26N2OS/c1-3-15(2)16-8-9-17-18(14-16)23-19(22)21(17)13-7-12-20-10-5-4-6-11-20/h8-9,14H,2-7,10-13H2,1H3. The highest BCUT2D eigenvalue weighted by Gasteiger charge is 2.12. The summed E-state index contributed by atoms with van der Waals surface area (Å²) in [7, 11) is 0. The number of nitrogens with zero attached hydrogens (tertiary/aromatic N) is 2. The molecule has 1 aliphatic heterocycles. The first-order valence-corrected chi connectivity index (χ1v) is 9.54. The van der Waals surface area contributed by atoms with Gasteiger partial charge in [0.05, 0.1) is 10.2 Å². The van der Waals surface area contributed by atoms with Crippen LogP contribution >= 0.6 is 11.3 Å². The van der Waals surface area contributed by atoms with E-state index in [0.717, 1.165) is 47.3 Å². The zero-order chi connectivity index (χ0) is 16.2. The van der Waals surface area contributed by atoms with Crippen molar-refractivity contribution in [2.75, 3.05) is 19.6 Å². The molecule has 0 aliphatic carbocycles. The second kappa shape index (κ2) is 7.45. The number of hydrogen-bond acceptors (Lipinski definition) is 3. The van der Waals surface area contributed by atoms with Crippen LogP contribution in [0.2, 0.25) is 0 Å². The predicted molar refractivity (Wildman–Crippen MR) is 100 cm³/mol. The summed E-state index contributed by atoms with van der Waals surface area (Å²) < 4.78 is 3.03. The van der Waals surface area contributed by atoms with Crippen LogP contribution in [0.1, 0.15) is 44.6 Å². The van der Waals surface area contributed by atoms with Gasteiger partial charge >= 0.3 is 4.87 Å². The molecule has 4 heteroatoms. The van der Waals surface area contributed by atoms with Crippen molar-refractivity contribution in [3.05, 3.63) is 40.0 Å². The molecule has 1 aromatic carbocycles. The Bertz CT molecular complexity index is 737. The van der Waals surface area contributed by atoms with Gasteiger partial charge in [-0.25, -0.2) is 0 Å². The van der Waals surface area contributed by atoms with Gasteiger partial charge in [-0.3, -0.25) is 9.36 Å². The SMILES string of the molecule is C=C(CC)c1ccc2c(c1)sc(=O)n2CCCN1CCCCC1. The van der Waals surface area contributed by atoms with Gasteiger partial charge in [0.25, 0.3) is 0 Å². The molecule has 1 aromatic heterocycles. The van der Waals surface area contributed by atoms with Crippen molar-refractivity contribution in [3.63, 3.8) is 0 Å². The normalized spacial score (nSPS) is 16.0. The van der Waals surface area contributed by atoms with Crippen LogP contribution < -0.4 is 4.87 Å². The van der Waals surface area contributed by atoms with Gasteiger partial charge in [-0.15, -0.1) is 0 Å². The van der Waals surface area contributed by atoms with Crippen LogP contribution in [0.15, 0.2) is 29.6 Å². The zero-order valence-electron chi connectivity index (χ0n) is 14.0. The van der Waals surface area contributed by atoms with Gasteiger partial charge in [0.1, 0.15) is 0 Å². The van der Waals surface area contributed by atoms with Gasteiger partial charge in [-0.05, 0) is 68.6 Å². The van der Waals surface area contributed by atoms with Crippen molar-refractivity contribution < 1.29 is 0 Å². The van der Waals surface area contributed by atoms with E-state index in [1.54, 1.807) is 0 Å². The van der Waals surface area contributed by atoms with Crippen molar-refractivity contribution in [2.45, 2.75) is 45.6 Å². The first-order valence-electron chi connectivity index (χ1n) is 8.73. The highest BCUT2D eigenvalue weighted by molar-refractivity contribution is 7.16. The number of rotatable bonds is 6. The van der Waals surface area contributed by atoms with Crippen LogP contribution in [-0.4, -0.2) is 29.1 Å². The predicted octanol–water partition coefficient (Wildman–Crippen LogP) is 4.36. The minimum absolute atomic E-state index is 0.165. The molecule has 1 fully saturated rings. The Morgan fingerprint density at radius 2 is 2.00 bits per heavy atom. The van der Waals surface area contributed by atoms with Crippen molar-refractivity contribution in [3.8, 4) is 0 Å². The van der Waals surface area contributed by atoms with Crippen LogP contribution in [0.25, 0.3) is 15.8 Å². The lowest BCUT2D eigenvalue weighted by Crippen LogP contribution is -2.31. The molecule has 3 nitrogen and oxygen atoms in total. The van der Waals surface area contributed by atoms with E-state index in [1.165, 1.54) is 43.7 Å². The van der Waals surface area contributed by atoms with E-state index in [-0.39, 0.29) is 4.87 Å². The quantitative estimate of drug-likeness (QED) is 0.786. The summed E-state index contributed by atoms with van der Waals surface area (Å²) in [5.41, 5.74) is 3.36. The summed E-state index contributed by atoms with van der Waals surface area (Å²) >= 11 is 1.36. The number of fused-ring (bicyclic) bond motifs is 1. The van der Waals surface area contributed by atoms with Gasteiger partial charge in [-0.1, -0.05) is 37.3 Å². The third-order valence-corrected chi connectivity index (χ3v) is 5.75. The van der Waals surface area contributed by atoms with Crippen LogP contribution in [0.5, 0.6) is 0 Å². The average molecular weight is 330 g/mol. The number of allylic oxidation sites excluding steroid dienone is 1. The molecule has 3 rings (SSSR count). The van der Waals surface area contributed by atoms with Crippen molar-refractivity contribution in [1.29, 1.82) is 0 Å². The van der Waals surface area contributed by atoms with Gasteiger partial charge in [0, 0.05) is 6.54 Å². The molecule has 0 amide bonds. The number of likely N-dealkylation sites (tertiary alicyclic amines) is 1. The summed E-state index contributed by atoms with van der Waals surface area (Å²) in [6.45, 7) is 10.6. The first-order chi connectivity index (χ1) is 11.2. The zero-order valence-corrected chi connectivity index (χ0v) is 14.8. The molecule has 1 saturated heterocycles. The van der Waals surface area contributed by atoms with Crippen LogP contribution in [-0.2, 0) is 6.54 Å².